The Hall–Kier alpha value is -0.960. The topological polar surface area (TPSA) is 85.1 Å². The third-order valence-electron chi connectivity index (χ3n) is 2.28. The van der Waals surface area contributed by atoms with Gasteiger partial charge in [0, 0.05) is 16.8 Å². The predicted octanol–water partition coefficient (Wildman–Crippen LogP) is 2.08. The van der Waals surface area contributed by atoms with Gasteiger partial charge < -0.3 is 5.73 Å². The smallest absolute Gasteiger partial charge is 0.265 e. The van der Waals surface area contributed by atoms with E-state index >= 15 is 0 Å². The summed E-state index contributed by atoms with van der Waals surface area (Å²) < 4.78 is 27.0. The lowest BCUT2D eigenvalue weighted by molar-refractivity contribution is 0.600. The van der Waals surface area contributed by atoms with Gasteiger partial charge in [-0.3, -0.25) is 4.72 Å². The number of thiazole rings is 1. The number of nitrogens with zero attached hydrogens (tertiary/aromatic N) is 1. The number of hydrogen-bond donors (Lipinski definition) is 2. The molecule has 0 atom stereocenters. The zero-order chi connectivity index (χ0) is 13.3. The van der Waals surface area contributed by atoms with E-state index in [1.165, 1.54) is 22.7 Å². The minimum atomic E-state index is -3.60. The molecule has 0 aromatic carbocycles. The van der Waals surface area contributed by atoms with Gasteiger partial charge in [0.15, 0.2) is 5.13 Å². The zero-order valence-corrected chi connectivity index (χ0v) is 12.4. The van der Waals surface area contributed by atoms with Crippen LogP contribution in [0.4, 0.5) is 5.13 Å². The van der Waals surface area contributed by atoms with Gasteiger partial charge in [0.05, 0.1) is 5.69 Å². The van der Waals surface area contributed by atoms with Crippen LogP contribution in [0.2, 0.25) is 0 Å². The average Bonchev–Trinajstić information content (AvgIpc) is 2.84. The fraction of sp³-hybridized carbons (Fsp3) is 0.300. The van der Waals surface area contributed by atoms with Gasteiger partial charge in [-0.15, -0.1) is 22.7 Å². The second-order valence-electron chi connectivity index (χ2n) is 3.77. The molecule has 0 saturated carbocycles. The summed E-state index contributed by atoms with van der Waals surface area (Å²) in [6.07, 6.45) is 0. The van der Waals surface area contributed by atoms with Gasteiger partial charge in [-0.1, -0.05) is 0 Å². The van der Waals surface area contributed by atoms with Crippen LogP contribution < -0.4 is 10.5 Å². The summed E-state index contributed by atoms with van der Waals surface area (Å²) in [5.41, 5.74) is 7.06. The molecule has 18 heavy (non-hydrogen) atoms. The van der Waals surface area contributed by atoms with Crippen molar-refractivity contribution in [1.82, 2.24) is 4.98 Å². The first-order valence-electron chi connectivity index (χ1n) is 5.16. The van der Waals surface area contributed by atoms with Crippen molar-refractivity contribution in [3.63, 3.8) is 0 Å². The van der Waals surface area contributed by atoms with E-state index in [1.54, 1.807) is 17.7 Å². The molecule has 0 fully saturated rings. The van der Waals surface area contributed by atoms with E-state index in [1.807, 2.05) is 6.92 Å². The number of thiophene rings is 1. The molecular formula is C10H13N3O2S3. The van der Waals surface area contributed by atoms with Crippen LogP contribution in [0.3, 0.4) is 0 Å². The number of nitrogens with two attached hydrogens (primary N) is 1. The molecule has 2 aromatic rings. The summed E-state index contributed by atoms with van der Waals surface area (Å²) in [5.74, 6) is 0. The zero-order valence-electron chi connectivity index (χ0n) is 9.93. The average molecular weight is 303 g/mol. The monoisotopic (exact) mass is 303 g/mol. The van der Waals surface area contributed by atoms with E-state index < -0.39 is 10.0 Å². The molecule has 0 spiro atoms. The Labute approximate surface area is 114 Å². The lowest BCUT2D eigenvalue weighted by Crippen LogP contribution is -2.15. The highest BCUT2D eigenvalue weighted by Crippen LogP contribution is 2.28. The lowest BCUT2D eigenvalue weighted by Gasteiger charge is -2.06. The molecule has 2 rings (SSSR count). The molecule has 5 nitrogen and oxygen atoms in total. The summed E-state index contributed by atoms with van der Waals surface area (Å²) in [6, 6.07) is 0. The first-order chi connectivity index (χ1) is 8.44. The summed E-state index contributed by atoms with van der Waals surface area (Å²) in [7, 11) is -3.60. The molecule has 0 unspecified atom stereocenters. The molecule has 0 saturated heterocycles. The second-order valence-corrected chi connectivity index (χ2v) is 7.22. The quantitative estimate of drug-likeness (QED) is 0.905. The van der Waals surface area contributed by atoms with Crippen molar-refractivity contribution in [2.45, 2.75) is 25.3 Å². The largest absolute Gasteiger partial charge is 0.326 e. The summed E-state index contributed by atoms with van der Waals surface area (Å²) in [4.78, 5) is 5.03. The Morgan fingerprint density at radius 2 is 2.06 bits per heavy atom. The number of rotatable bonds is 4. The Morgan fingerprint density at radius 3 is 2.61 bits per heavy atom. The van der Waals surface area contributed by atoms with Gasteiger partial charge in [0.1, 0.15) is 4.90 Å². The minimum Gasteiger partial charge on any atom is -0.326 e. The molecule has 0 aliphatic rings. The van der Waals surface area contributed by atoms with Crippen molar-refractivity contribution in [1.29, 1.82) is 0 Å². The number of anilines is 1. The maximum Gasteiger partial charge on any atom is 0.265 e. The Bertz CT molecular complexity index is 658. The maximum absolute atomic E-state index is 12.3. The Kier molecular flexibility index (Phi) is 3.71. The fourth-order valence-electron chi connectivity index (χ4n) is 1.56. The van der Waals surface area contributed by atoms with Crippen LogP contribution >= 0.6 is 22.7 Å². The molecular weight excluding hydrogens is 290 g/mol. The Balaban J connectivity index is 2.39. The van der Waals surface area contributed by atoms with E-state index in [0.29, 0.717) is 15.6 Å². The van der Waals surface area contributed by atoms with E-state index in [2.05, 4.69) is 9.71 Å². The summed E-state index contributed by atoms with van der Waals surface area (Å²) in [5, 5.41) is 3.97. The molecule has 3 N–H and O–H groups in total. The van der Waals surface area contributed by atoms with Crippen molar-refractivity contribution >= 4 is 37.8 Å². The van der Waals surface area contributed by atoms with Crippen LogP contribution in [0.5, 0.6) is 0 Å². The molecule has 0 aliphatic carbocycles. The molecule has 0 bridgehead atoms. The van der Waals surface area contributed by atoms with E-state index in [0.717, 1.165) is 5.69 Å². The standard InChI is InChI=1S/C10H13N3O2S3/c1-6-4-16-8(3-11)9(6)18(14,15)13-10-12-7(2)5-17-10/h4-5H,3,11H2,1-2H3,(H,12,13). The number of aryl methyl sites for hydroxylation is 2. The van der Waals surface area contributed by atoms with Gasteiger partial charge in [-0.25, -0.2) is 13.4 Å². The van der Waals surface area contributed by atoms with Crippen LogP contribution in [0.15, 0.2) is 15.7 Å². The van der Waals surface area contributed by atoms with Crippen LogP contribution in [-0.2, 0) is 16.6 Å². The highest BCUT2D eigenvalue weighted by Gasteiger charge is 2.23. The van der Waals surface area contributed by atoms with Gasteiger partial charge in [-0.2, -0.15) is 0 Å². The van der Waals surface area contributed by atoms with Crippen LogP contribution in [0.25, 0.3) is 0 Å². The summed E-state index contributed by atoms with van der Waals surface area (Å²) >= 11 is 2.62. The molecule has 0 aliphatic heterocycles. The fourth-order valence-corrected chi connectivity index (χ4v) is 5.20. The minimum absolute atomic E-state index is 0.214. The third kappa shape index (κ3) is 2.56. The molecule has 2 heterocycles. The van der Waals surface area contributed by atoms with Gasteiger partial charge in [0.2, 0.25) is 0 Å². The molecule has 98 valence electrons. The van der Waals surface area contributed by atoms with Gasteiger partial charge >= 0.3 is 0 Å². The van der Waals surface area contributed by atoms with E-state index in [-0.39, 0.29) is 11.4 Å². The molecule has 0 amide bonds. The first kappa shape index (κ1) is 13.5. The SMILES string of the molecule is Cc1csc(NS(=O)(=O)c2c(C)csc2CN)n1. The van der Waals surface area contributed by atoms with Crippen molar-refractivity contribution in [3.05, 3.63) is 26.9 Å². The number of aromatic nitrogens is 1. The molecule has 8 heteroatoms. The Morgan fingerprint density at radius 1 is 1.33 bits per heavy atom. The van der Waals surface area contributed by atoms with E-state index in [9.17, 15) is 8.42 Å². The first-order valence-corrected chi connectivity index (χ1v) is 8.40. The van der Waals surface area contributed by atoms with Crippen LogP contribution in [-0.4, -0.2) is 13.4 Å². The summed E-state index contributed by atoms with van der Waals surface area (Å²) in [6.45, 7) is 3.79. The number of nitrogens with one attached hydrogen (secondary N) is 1. The molecule has 0 radical (unpaired) electrons. The van der Waals surface area contributed by atoms with Gasteiger partial charge in [-0.05, 0) is 24.8 Å². The van der Waals surface area contributed by atoms with Gasteiger partial charge in [0.25, 0.3) is 10.0 Å². The van der Waals surface area contributed by atoms with E-state index in [4.69, 9.17) is 5.73 Å². The lowest BCUT2D eigenvalue weighted by atomic mass is 10.3. The molecule has 2 aromatic heterocycles. The highest BCUT2D eigenvalue weighted by atomic mass is 32.2. The number of hydrogen-bond acceptors (Lipinski definition) is 6. The maximum atomic E-state index is 12.3. The normalized spacial score (nSPS) is 11.7. The second kappa shape index (κ2) is 4.96. The number of sulfonamides is 1. The third-order valence-corrected chi connectivity index (χ3v) is 6.11. The predicted molar refractivity (Wildman–Crippen MR) is 74.6 cm³/mol. The van der Waals surface area contributed by atoms with Crippen LogP contribution in [0, 0.1) is 13.8 Å². The van der Waals surface area contributed by atoms with Crippen molar-refractivity contribution in [2.75, 3.05) is 4.72 Å². The van der Waals surface area contributed by atoms with Crippen molar-refractivity contribution in [3.8, 4) is 0 Å². The van der Waals surface area contributed by atoms with Crippen LogP contribution in [0.1, 0.15) is 16.1 Å². The highest BCUT2D eigenvalue weighted by molar-refractivity contribution is 7.93. The van der Waals surface area contributed by atoms with Crippen molar-refractivity contribution in [2.24, 2.45) is 5.73 Å². The van der Waals surface area contributed by atoms with Crippen molar-refractivity contribution < 1.29 is 8.42 Å².